The van der Waals surface area contributed by atoms with E-state index < -0.39 is 66.2 Å². The van der Waals surface area contributed by atoms with Crippen LogP contribution in [0.1, 0.15) is 51.4 Å². The van der Waals surface area contributed by atoms with Crippen LogP contribution in [0.5, 0.6) is 0 Å². The van der Waals surface area contributed by atoms with Gasteiger partial charge in [-0.15, -0.1) is 0 Å². The quantitative estimate of drug-likeness (QED) is 0.122. The lowest BCUT2D eigenvalue weighted by Gasteiger charge is -2.30. The van der Waals surface area contributed by atoms with Crippen molar-refractivity contribution in [2.45, 2.75) is 75.5 Å². The van der Waals surface area contributed by atoms with Crippen LogP contribution in [0.15, 0.2) is 0 Å². The fourth-order valence-corrected chi connectivity index (χ4v) is 3.58. The van der Waals surface area contributed by atoms with E-state index in [1.54, 1.807) is 0 Å². The number of amides is 3. The van der Waals surface area contributed by atoms with Gasteiger partial charge in [-0.1, -0.05) is 0 Å². The minimum Gasteiger partial charge on any atom is -0.481 e. The predicted molar refractivity (Wildman–Crippen MR) is 116 cm³/mol. The second-order valence-electron chi connectivity index (χ2n) is 8.07. The Morgan fingerprint density at radius 1 is 0.941 bits per heavy atom. The van der Waals surface area contributed by atoms with Gasteiger partial charge >= 0.3 is 17.9 Å². The Balaban J connectivity index is 2.93. The monoisotopic (exact) mass is 487 g/mol. The molecule has 0 aromatic carbocycles. The molecule has 0 aromatic rings. The molecule has 34 heavy (non-hydrogen) atoms. The van der Waals surface area contributed by atoms with Crippen molar-refractivity contribution in [2.75, 3.05) is 13.1 Å². The predicted octanol–water partition coefficient (Wildman–Crippen LogP) is -2.17. The standard InChI is InChI=1S/C20H33N5O9/c21-8-2-1-4-12(23-17(30)11(22)6-7-15(26)27)19(32)25-9-3-5-14(25)18(31)24-13(20(33)34)10-16(28)29/h11-14H,1-10,21-22H2,(H,23,30)(H,24,31)(H,26,27)(H,28,29)(H,33,34). The molecule has 0 bridgehead atoms. The van der Waals surface area contributed by atoms with Gasteiger partial charge in [0.15, 0.2) is 0 Å². The molecule has 1 saturated heterocycles. The van der Waals surface area contributed by atoms with Crippen LogP contribution in [0.2, 0.25) is 0 Å². The third-order valence-corrected chi connectivity index (χ3v) is 5.40. The van der Waals surface area contributed by atoms with Gasteiger partial charge in [0.1, 0.15) is 18.1 Å². The Kier molecular flexibility index (Phi) is 11.9. The third-order valence-electron chi connectivity index (χ3n) is 5.40. The maximum atomic E-state index is 13.2. The molecule has 0 aliphatic carbocycles. The summed E-state index contributed by atoms with van der Waals surface area (Å²) in [6, 6.07) is -4.88. The van der Waals surface area contributed by atoms with Crippen molar-refractivity contribution < 1.29 is 44.1 Å². The van der Waals surface area contributed by atoms with E-state index in [1.807, 2.05) is 0 Å². The molecular weight excluding hydrogens is 454 g/mol. The van der Waals surface area contributed by atoms with E-state index in [9.17, 15) is 28.8 Å². The van der Waals surface area contributed by atoms with Crippen LogP contribution in [0.4, 0.5) is 0 Å². The van der Waals surface area contributed by atoms with Crippen molar-refractivity contribution in [3.63, 3.8) is 0 Å². The van der Waals surface area contributed by atoms with E-state index in [0.717, 1.165) is 0 Å². The smallest absolute Gasteiger partial charge is 0.326 e. The highest BCUT2D eigenvalue weighted by atomic mass is 16.4. The summed E-state index contributed by atoms with van der Waals surface area (Å²) in [5, 5.41) is 31.5. The molecule has 4 unspecified atom stereocenters. The summed E-state index contributed by atoms with van der Waals surface area (Å²) in [6.07, 6.45) is 0.672. The maximum absolute atomic E-state index is 13.2. The van der Waals surface area contributed by atoms with Crippen molar-refractivity contribution >= 4 is 35.6 Å². The Hall–Kier alpha value is -3.26. The molecule has 1 heterocycles. The number of nitrogens with one attached hydrogen (secondary N) is 2. The van der Waals surface area contributed by atoms with E-state index in [4.69, 9.17) is 26.8 Å². The number of hydrogen-bond acceptors (Lipinski definition) is 8. The number of carboxylic acids is 3. The fourth-order valence-electron chi connectivity index (χ4n) is 3.58. The van der Waals surface area contributed by atoms with Crippen LogP contribution in [0.3, 0.4) is 0 Å². The molecule has 9 N–H and O–H groups in total. The van der Waals surface area contributed by atoms with Crippen LogP contribution in [-0.4, -0.2) is 93.1 Å². The lowest BCUT2D eigenvalue weighted by atomic mass is 10.1. The number of nitrogens with zero attached hydrogens (tertiary/aromatic N) is 1. The van der Waals surface area contributed by atoms with E-state index in [0.29, 0.717) is 25.8 Å². The molecule has 0 aromatic heterocycles. The Labute approximate surface area is 196 Å². The van der Waals surface area contributed by atoms with Gasteiger partial charge in [0, 0.05) is 13.0 Å². The topological polar surface area (TPSA) is 242 Å². The molecule has 1 rings (SSSR count). The first-order valence-corrected chi connectivity index (χ1v) is 11.0. The Morgan fingerprint density at radius 2 is 1.62 bits per heavy atom. The maximum Gasteiger partial charge on any atom is 0.326 e. The number of rotatable bonds is 15. The van der Waals surface area contributed by atoms with Gasteiger partial charge in [-0.25, -0.2) is 4.79 Å². The number of likely N-dealkylation sites (tertiary alicyclic amines) is 1. The normalized spacial score (nSPS) is 17.9. The lowest BCUT2D eigenvalue weighted by Crippen LogP contribution is -2.57. The van der Waals surface area contributed by atoms with Crippen LogP contribution in [-0.2, 0) is 28.8 Å². The van der Waals surface area contributed by atoms with E-state index in [-0.39, 0.29) is 32.2 Å². The van der Waals surface area contributed by atoms with Gasteiger partial charge in [0.05, 0.1) is 12.5 Å². The number of aliphatic carboxylic acids is 3. The number of nitrogens with two attached hydrogens (primary N) is 2. The SMILES string of the molecule is NCCCCC(NC(=O)C(N)CCC(=O)O)C(=O)N1CCCC1C(=O)NC(CC(=O)O)C(=O)O. The lowest BCUT2D eigenvalue weighted by molar-refractivity contribution is -0.148. The molecule has 0 spiro atoms. The molecule has 1 fully saturated rings. The highest BCUT2D eigenvalue weighted by Crippen LogP contribution is 2.20. The third kappa shape index (κ3) is 9.31. The molecule has 14 nitrogen and oxygen atoms in total. The molecule has 0 radical (unpaired) electrons. The molecule has 192 valence electrons. The molecule has 0 saturated carbocycles. The van der Waals surface area contributed by atoms with Crippen molar-refractivity contribution in [1.82, 2.24) is 15.5 Å². The Bertz CT molecular complexity index is 776. The van der Waals surface area contributed by atoms with Gasteiger partial charge in [-0.05, 0) is 45.1 Å². The zero-order valence-corrected chi connectivity index (χ0v) is 18.8. The van der Waals surface area contributed by atoms with Crippen LogP contribution < -0.4 is 22.1 Å². The molecule has 14 heteroatoms. The van der Waals surface area contributed by atoms with Crippen molar-refractivity contribution in [3.8, 4) is 0 Å². The average Bonchev–Trinajstić information content (AvgIpc) is 3.25. The van der Waals surface area contributed by atoms with Crippen molar-refractivity contribution in [1.29, 1.82) is 0 Å². The number of carbonyl (C=O) groups excluding carboxylic acids is 3. The van der Waals surface area contributed by atoms with Crippen molar-refractivity contribution in [2.24, 2.45) is 11.5 Å². The molecular formula is C20H33N5O9. The van der Waals surface area contributed by atoms with Crippen LogP contribution in [0.25, 0.3) is 0 Å². The number of hydrogen-bond donors (Lipinski definition) is 7. The van der Waals surface area contributed by atoms with Gasteiger partial charge in [0.25, 0.3) is 0 Å². The number of carboxylic acid groups (broad SMARTS) is 3. The first-order valence-electron chi connectivity index (χ1n) is 11.0. The minimum atomic E-state index is -1.66. The molecule has 4 atom stereocenters. The van der Waals surface area contributed by atoms with Gasteiger partial charge < -0.3 is 42.3 Å². The van der Waals surface area contributed by atoms with Crippen LogP contribution >= 0.6 is 0 Å². The minimum absolute atomic E-state index is 0.125. The van der Waals surface area contributed by atoms with E-state index in [2.05, 4.69) is 10.6 Å². The van der Waals surface area contributed by atoms with Crippen molar-refractivity contribution in [3.05, 3.63) is 0 Å². The highest BCUT2D eigenvalue weighted by Gasteiger charge is 2.39. The van der Waals surface area contributed by atoms with Gasteiger partial charge in [0.2, 0.25) is 17.7 Å². The van der Waals surface area contributed by atoms with Gasteiger partial charge in [-0.2, -0.15) is 0 Å². The van der Waals surface area contributed by atoms with E-state index in [1.165, 1.54) is 4.90 Å². The average molecular weight is 488 g/mol. The van der Waals surface area contributed by atoms with Crippen LogP contribution in [0, 0.1) is 0 Å². The zero-order valence-electron chi connectivity index (χ0n) is 18.8. The second kappa shape index (κ2) is 14.1. The van der Waals surface area contributed by atoms with E-state index >= 15 is 0 Å². The largest absolute Gasteiger partial charge is 0.481 e. The summed E-state index contributed by atoms with van der Waals surface area (Å²) in [6.45, 7) is 0.545. The summed E-state index contributed by atoms with van der Waals surface area (Å²) in [5.41, 5.74) is 11.2. The fraction of sp³-hybridized carbons (Fsp3) is 0.700. The molecule has 1 aliphatic rings. The summed E-state index contributed by atoms with van der Waals surface area (Å²) >= 11 is 0. The first-order chi connectivity index (χ1) is 16.0. The zero-order chi connectivity index (χ0) is 25.8. The number of unbranched alkanes of at least 4 members (excludes halogenated alkanes) is 1. The number of carbonyl (C=O) groups is 6. The Morgan fingerprint density at radius 3 is 2.18 bits per heavy atom. The van der Waals surface area contributed by atoms with Gasteiger partial charge in [-0.3, -0.25) is 24.0 Å². The summed E-state index contributed by atoms with van der Waals surface area (Å²) in [7, 11) is 0. The first kappa shape index (κ1) is 28.8. The highest BCUT2D eigenvalue weighted by molar-refractivity contribution is 5.95. The summed E-state index contributed by atoms with van der Waals surface area (Å²) in [4.78, 5) is 72.4. The summed E-state index contributed by atoms with van der Waals surface area (Å²) < 4.78 is 0. The second-order valence-corrected chi connectivity index (χ2v) is 8.07. The summed E-state index contributed by atoms with van der Waals surface area (Å²) in [5.74, 6) is -6.13. The molecule has 3 amide bonds. The molecule has 1 aliphatic heterocycles.